The summed E-state index contributed by atoms with van der Waals surface area (Å²) in [6.07, 6.45) is 5.33. The van der Waals surface area contributed by atoms with Crippen LogP contribution in [0.3, 0.4) is 0 Å². The zero-order valence-corrected chi connectivity index (χ0v) is 15.0. The number of carbonyl (C=O) groups is 2. The highest BCUT2D eigenvalue weighted by Gasteiger charge is 2.45. The maximum absolute atomic E-state index is 12.5. The van der Waals surface area contributed by atoms with Gasteiger partial charge in [-0.1, -0.05) is 30.3 Å². The van der Waals surface area contributed by atoms with Crippen molar-refractivity contribution in [3.8, 4) is 0 Å². The summed E-state index contributed by atoms with van der Waals surface area (Å²) < 4.78 is 4.67. The van der Waals surface area contributed by atoms with Crippen LogP contribution in [0.4, 0.5) is 0 Å². The number of nitrogens with zero attached hydrogens (tertiary/aromatic N) is 1. The SMILES string of the molecule is COC(=O)CCCCN1CCC2(CC1)C[C@@H](c1ccccc1)C(=O)N2. The number of piperidine rings is 1. The van der Waals surface area contributed by atoms with Gasteiger partial charge in [-0.25, -0.2) is 0 Å². The summed E-state index contributed by atoms with van der Waals surface area (Å²) in [6, 6.07) is 10.1. The molecule has 3 rings (SSSR count). The van der Waals surface area contributed by atoms with Crippen molar-refractivity contribution >= 4 is 11.9 Å². The van der Waals surface area contributed by atoms with E-state index in [9.17, 15) is 9.59 Å². The predicted octanol–water partition coefficient (Wildman–Crippen LogP) is 2.47. The minimum Gasteiger partial charge on any atom is -0.469 e. The van der Waals surface area contributed by atoms with Gasteiger partial charge in [-0.2, -0.15) is 0 Å². The number of carbonyl (C=O) groups excluding carboxylic acids is 2. The lowest BCUT2D eigenvalue weighted by Gasteiger charge is -2.39. The van der Waals surface area contributed by atoms with Crippen LogP contribution in [0.15, 0.2) is 30.3 Å². The number of ether oxygens (including phenoxy) is 1. The van der Waals surface area contributed by atoms with E-state index in [1.54, 1.807) is 0 Å². The molecular weight excluding hydrogens is 316 g/mol. The lowest BCUT2D eigenvalue weighted by atomic mass is 9.82. The first-order valence-corrected chi connectivity index (χ1v) is 9.28. The molecule has 0 unspecified atom stereocenters. The molecule has 1 spiro atoms. The molecule has 0 radical (unpaired) electrons. The monoisotopic (exact) mass is 344 g/mol. The van der Waals surface area contributed by atoms with Crippen LogP contribution >= 0.6 is 0 Å². The topological polar surface area (TPSA) is 58.6 Å². The third-order valence-electron chi connectivity index (χ3n) is 5.65. The molecule has 2 saturated heterocycles. The Labute approximate surface area is 149 Å². The molecule has 1 N–H and O–H groups in total. The van der Waals surface area contributed by atoms with Gasteiger partial charge in [-0.3, -0.25) is 9.59 Å². The number of unbranched alkanes of at least 4 members (excludes halogenated alkanes) is 1. The molecule has 1 atom stereocenters. The Kier molecular flexibility index (Phi) is 5.74. The second-order valence-corrected chi connectivity index (χ2v) is 7.31. The summed E-state index contributed by atoms with van der Waals surface area (Å²) in [4.78, 5) is 26.0. The van der Waals surface area contributed by atoms with Gasteiger partial charge in [0.25, 0.3) is 0 Å². The zero-order valence-electron chi connectivity index (χ0n) is 15.0. The van der Waals surface area contributed by atoms with Crippen molar-refractivity contribution in [2.45, 2.75) is 50.0 Å². The fraction of sp³-hybridized carbons (Fsp3) is 0.600. The molecule has 5 nitrogen and oxygen atoms in total. The molecular formula is C20H28N2O3. The largest absolute Gasteiger partial charge is 0.469 e. The van der Waals surface area contributed by atoms with E-state index in [4.69, 9.17) is 0 Å². The number of likely N-dealkylation sites (tertiary alicyclic amines) is 1. The molecule has 0 aliphatic carbocycles. The van der Waals surface area contributed by atoms with Crippen molar-refractivity contribution in [1.82, 2.24) is 10.2 Å². The van der Waals surface area contributed by atoms with E-state index < -0.39 is 0 Å². The Bertz CT molecular complexity index is 594. The molecule has 1 aromatic rings. The smallest absolute Gasteiger partial charge is 0.305 e. The molecule has 2 fully saturated rings. The van der Waals surface area contributed by atoms with E-state index in [0.717, 1.165) is 57.3 Å². The summed E-state index contributed by atoms with van der Waals surface area (Å²) >= 11 is 0. The van der Waals surface area contributed by atoms with Crippen LogP contribution in [-0.2, 0) is 14.3 Å². The van der Waals surface area contributed by atoms with Gasteiger partial charge in [0.2, 0.25) is 5.91 Å². The van der Waals surface area contributed by atoms with Crippen LogP contribution in [0.25, 0.3) is 0 Å². The van der Waals surface area contributed by atoms with Crippen LogP contribution in [0.2, 0.25) is 0 Å². The lowest BCUT2D eigenvalue weighted by molar-refractivity contribution is -0.140. The Morgan fingerprint density at radius 2 is 1.96 bits per heavy atom. The highest BCUT2D eigenvalue weighted by Crippen LogP contribution is 2.39. The van der Waals surface area contributed by atoms with Crippen LogP contribution in [0.1, 0.15) is 50.0 Å². The van der Waals surface area contributed by atoms with Crippen molar-refractivity contribution in [2.75, 3.05) is 26.7 Å². The fourth-order valence-electron chi connectivity index (χ4n) is 4.08. The molecule has 2 aliphatic heterocycles. The number of hydrogen-bond acceptors (Lipinski definition) is 4. The highest BCUT2D eigenvalue weighted by molar-refractivity contribution is 5.87. The van der Waals surface area contributed by atoms with E-state index in [1.165, 1.54) is 7.11 Å². The third-order valence-corrected chi connectivity index (χ3v) is 5.65. The summed E-state index contributed by atoms with van der Waals surface area (Å²) in [5, 5.41) is 3.30. The van der Waals surface area contributed by atoms with E-state index in [-0.39, 0.29) is 23.3 Å². The maximum Gasteiger partial charge on any atom is 0.305 e. The van der Waals surface area contributed by atoms with Crippen molar-refractivity contribution in [2.24, 2.45) is 0 Å². The molecule has 5 heteroatoms. The maximum atomic E-state index is 12.5. The minimum atomic E-state index is -0.127. The first kappa shape index (κ1) is 17.9. The number of amides is 1. The number of nitrogens with one attached hydrogen (secondary N) is 1. The molecule has 0 aromatic heterocycles. The Balaban J connectivity index is 1.46. The highest BCUT2D eigenvalue weighted by atomic mass is 16.5. The first-order valence-electron chi connectivity index (χ1n) is 9.28. The van der Waals surface area contributed by atoms with Crippen molar-refractivity contribution < 1.29 is 14.3 Å². The number of benzene rings is 1. The Morgan fingerprint density at radius 3 is 2.64 bits per heavy atom. The third kappa shape index (κ3) is 4.40. The van der Waals surface area contributed by atoms with Gasteiger partial charge >= 0.3 is 5.97 Å². The van der Waals surface area contributed by atoms with Gasteiger partial charge in [0, 0.05) is 25.0 Å². The lowest BCUT2D eigenvalue weighted by Crippen LogP contribution is -2.51. The average molecular weight is 344 g/mol. The molecule has 0 bridgehead atoms. The van der Waals surface area contributed by atoms with E-state index >= 15 is 0 Å². The molecule has 0 saturated carbocycles. The molecule has 1 aromatic carbocycles. The van der Waals surface area contributed by atoms with Gasteiger partial charge in [-0.15, -0.1) is 0 Å². The van der Waals surface area contributed by atoms with Gasteiger partial charge < -0.3 is 15.0 Å². The van der Waals surface area contributed by atoms with Crippen LogP contribution < -0.4 is 5.32 Å². The summed E-state index contributed by atoms with van der Waals surface area (Å²) in [7, 11) is 1.44. The van der Waals surface area contributed by atoms with Crippen LogP contribution in [0.5, 0.6) is 0 Å². The zero-order chi connectivity index (χ0) is 17.7. The van der Waals surface area contributed by atoms with Crippen LogP contribution in [-0.4, -0.2) is 49.1 Å². The molecule has 2 heterocycles. The van der Waals surface area contributed by atoms with Crippen LogP contribution in [0, 0.1) is 0 Å². The average Bonchev–Trinajstić information content (AvgIpc) is 2.97. The molecule has 1 amide bonds. The van der Waals surface area contributed by atoms with Gasteiger partial charge in [-0.05, 0) is 44.2 Å². The summed E-state index contributed by atoms with van der Waals surface area (Å²) in [6.45, 7) is 3.04. The van der Waals surface area contributed by atoms with Gasteiger partial charge in [0.15, 0.2) is 0 Å². The second kappa shape index (κ2) is 8.00. The van der Waals surface area contributed by atoms with Crippen molar-refractivity contribution in [1.29, 1.82) is 0 Å². The minimum absolute atomic E-state index is 0.00666. The van der Waals surface area contributed by atoms with Crippen molar-refractivity contribution in [3.63, 3.8) is 0 Å². The summed E-state index contributed by atoms with van der Waals surface area (Å²) in [5.74, 6) is 0.0451. The number of esters is 1. The number of rotatable bonds is 6. The standard InChI is InChI=1S/C20H28N2O3/c1-25-18(23)9-5-6-12-22-13-10-20(11-14-22)15-17(19(24)21-20)16-7-3-2-4-8-16/h2-4,7-8,17H,5-6,9-15H2,1H3,(H,21,24)/t17-/m0/s1. The second-order valence-electron chi connectivity index (χ2n) is 7.31. The molecule has 2 aliphatic rings. The first-order chi connectivity index (χ1) is 12.1. The summed E-state index contributed by atoms with van der Waals surface area (Å²) in [5.41, 5.74) is 1.10. The van der Waals surface area contributed by atoms with E-state index in [2.05, 4.69) is 27.1 Å². The normalized spacial score (nSPS) is 22.8. The van der Waals surface area contributed by atoms with Crippen molar-refractivity contribution in [3.05, 3.63) is 35.9 Å². The fourth-order valence-corrected chi connectivity index (χ4v) is 4.08. The Hall–Kier alpha value is -1.88. The number of methoxy groups -OCH3 is 1. The van der Waals surface area contributed by atoms with Gasteiger partial charge in [0.1, 0.15) is 0 Å². The molecule has 25 heavy (non-hydrogen) atoms. The Morgan fingerprint density at radius 1 is 1.24 bits per heavy atom. The van der Waals surface area contributed by atoms with Gasteiger partial charge in [0.05, 0.1) is 13.0 Å². The number of hydrogen-bond donors (Lipinski definition) is 1. The molecule has 136 valence electrons. The predicted molar refractivity (Wildman–Crippen MR) is 96.2 cm³/mol. The van der Waals surface area contributed by atoms with E-state index in [1.807, 2.05) is 18.2 Å². The quantitative estimate of drug-likeness (QED) is 0.636. The van der Waals surface area contributed by atoms with E-state index in [0.29, 0.717) is 6.42 Å².